The molecule has 1 aliphatic rings. The highest BCUT2D eigenvalue weighted by atomic mass is 15.4. The number of hydrogen-bond donors (Lipinski definition) is 2. The number of hydrogen-bond acceptors (Lipinski definition) is 3. The predicted octanol–water partition coefficient (Wildman–Crippen LogP) is 0.644. The van der Waals surface area contributed by atoms with E-state index in [1.54, 1.807) is 7.05 Å². The molecule has 0 saturated heterocycles. The van der Waals surface area contributed by atoms with Crippen LogP contribution < -0.4 is 11.7 Å². The summed E-state index contributed by atoms with van der Waals surface area (Å²) in [5.41, 5.74) is 0. The van der Waals surface area contributed by atoms with Gasteiger partial charge in [-0.1, -0.05) is 19.3 Å². The highest BCUT2D eigenvalue weighted by Gasteiger charge is 2.20. The summed E-state index contributed by atoms with van der Waals surface area (Å²) in [6.45, 7) is 0. The van der Waals surface area contributed by atoms with Gasteiger partial charge in [-0.3, -0.25) is 5.01 Å². The van der Waals surface area contributed by atoms with Gasteiger partial charge in [0.1, 0.15) is 5.84 Å². The van der Waals surface area contributed by atoms with E-state index < -0.39 is 0 Å². The van der Waals surface area contributed by atoms with Crippen molar-refractivity contribution in [1.82, 2.24) is 5.01 Å². The average Bonchev–Trinajstić information content (AvgIpc) is 2.07. The number of hydrazine groups is 1. The first-order valence-corrected chi connectivity index (χ1v) is 4.52. The van der Waals surface area contributed by atoms with Crippen LogP contribution in [0, 0.1) is 5.92 Å². The molecule has 0 aromatic heterocycles. The fourth-order valence-corrected chi connectivity index (χ4v) is 1.85. The Labute approximate surface area is 73.6 Å². The first kappa shape index (κ1) is 9.32. The van der Waals surface area contributed by atoms with Gasteiger partial charge in [0.25, 0.3) is 0 Å². The van der Waals surface area contributed by atoms with Gasteiger partial charge in [0.05, 0.1) is 0 Å². The smallest absolute Gasteiger partial charge is 0.141 e. The van der Waals surface area contributed by atoms with Crippen LogP contribution in [0.15, 0.2) is 5.10 Å². The van der Waals surface area contributed by atoms with E-state index in [4.69, 9.17) is 11.7 Å². The number of rotatable bonds is 1. The molecule has 1 saturated carbocycles. The Morgan fingerprint density at radius 2 is 1.92 bits per heavy atom. The monoisotopic (exact) mass is 170 g/mol. The third-order valence-electron chi connectivity index (χ3n) is 2.46. The van der Waals surface area contributed by atoms with Crippen LogP contribution in [0.3, 0.4) is 0 Å². The molecule has 0 amide bonds. The van der Waals surface area contributed by atoms with E-state index in [0.29, 0.717) is 5.92 Å². The van der Waals surface area contributed by atoms with Crippen molar-refractivity contribution in [3.63, 3.8) is 0 Å². The number of hydrazone groups is 1. The van der Waals surface area contributed by atoms with Gasteiger partial charge in [-0.05, 0) is 12.8 Å². The molecule has 0 heterocycles. The molecule has 0 bridgehead atoms. The fraction of sp³-hybridized carbons (Fsp3) is 0.875. The van der Waals surface area contributed by atoms with Gasteiger partial charge < -0.3 is 5.84 Å². The lowest BCUT2D eigenvalue weighted by Crippen LogP contribution is -2.39. The topological polar surface area (TPSA) is 67.6 Å². The normalized spacial score (nSPS) is 21.0. The number of nitrogens with zero attached hydrogens (tertiary/aromatic N) is 2. The molecule has 70 valence electrons. The summed E-state index contributed by atoms with van der Waals surface area (Å²) in [5, 5.41) is 5.27. The largest absolute Gasteiger partial charge is 0.322 e. The van der Waals surface area contributed by atoms with Crippen molar-refractivity contribution >= 4 is 5.84 Å². The molecule has 4 nitrogen and oxygen atoms in total. The number of amidine groups is 1. The zero-order valence-corrected chi connectivity index (χ0v) is 7.66. The van der Waals surface area contributed by atoms with Crippen LogP contribution >= 0.6 is 0 Å². The first-order chi connectivity index (χ1) is 5.75. The van der Waals surface area contributed by atoms with E-state index in [0.717, 1.165) is 5.84 Å². The molecule has 1 aliphatic carbocycles. The fourth-order valence-electron chi connectivity index (χ4n) is 1.85. The summed E-state index contributed by atoms with van der Waals surface area (Å²) in [5.74, 6) is 12.2. The van der Waals surface area contributed by atoms with Gasteiger partial charge in [-0.15, -0.1) is 0 Å². The maximum absolute atomic E-state index is 5.60. The molecular weight excluding hydrogens is 152 g/mol. The van der Waals surface area contributed by atoms with Gasteiger partial charge >= 0.3 is 0 Å². The third kappa shape index (κ3) is 2.11. The van der Waals surface area contributed by atoms with E-state index >= 15 is 0 Å². The van der Waals surface area contributed by atoms with Crippen LogP contribution in [0.5, 0.6) is 0 Å². The summed E-state index contributed by atoms with van der Waals surface area (Å²) >= 11 is 0. The minimum Gasteiger partial charge on any atom is -0.322 e. The van der Waals surface area contributed by atoms with Crippen molar-refractivity contribution in [2.45, 2.75) is 32.1 Å². The summed E-state index contributed by atoms with van der Waals surface area (Å²) in [6.07, 6.45) is 6.24. The van der Waals surface area contributed by atoms with E-state index in [1.807, 2.05) is 0 Å². The molecule has 4 heteroatoms. The molecule has 4 N–H and O–H groups in total. The molecule has 0 unspecified atom stereocenters. The van der Waals surface area contributed by atoms with Crippen molar-refractivity contribution in [1.29, 1.82) is 0 Å². The van der Waals surface area contributed by atoms with Crippen molar-refractivity contribution in [2.75, 3.05) is 7.05 Å². The zero-order valence-electron chi connectivity index (χ0n) is 7.66. The molecule has 1 fully saturated rings. The summed E-state index contributed by atoms with van der Waals surface area (Å²) in [7, 11) is 1.79. The highest BCUT2D eigenvalue weighted by molar-refractivity contribution is 5.83. The van der Waals surface area contributed by atoms with Crippen LogP contribution in [0.25, 0.3) is 0 Å². The van der Waals surface area contributed by atoms with Crippen molar-refractivity contribution in [3.8, 4) is 0 Å². The van der Waals surface area contributed by atoms with E-state index in [1.165, 1.54) is 37.1 Å². The molecule has 0 radical (unpaired) electrons. The lowest BCUT2D eigenvalue weighted by molar-refractivity contribution is 0.392. The van der Waals surface area contributed by atoms with E-state index in [9.17, 15) is 0 Å². The lowest BCUT2D eigenvalue weighted by atomic mass is 9.88. The highest BCUT2D eigenvalue weighted by Crippen LogP contribution is 2.24. The van der Waals surface area contributed by atoms with Crippen LogP contribution in [-0.2, 0) is 0 Å². The van der Waals surface area contributed by atoms with E-state index in [2.05, 4.69) is 5.10 Å². The second-order valence-corrected chi connectivity index (χ2v) is 3.43. The Morgan fingerprint density at radius 1 is 1.33 bits per heavy atom. The van der Waals surface area contributed by atoms with Gasteiger partial charge in [-0.25, -0.2) is 5.84 Å². The summed E-state index contributed by atoms with van der Waals surface area (Å²) in [4.78, 5) is 0. The molecule has 12 heavy (non-hydrogen) atoms. The second kappa shape index (κ2) is 4.30. The summed E-state index contributed by atoms with van der Waals surface area (Å²) < 4.78 is 0. The maximum atomic E-state index is 5.60. The Hall–Kier alpha value is -0.770. The Kier molecular flexibility index (Phi) is 3.34. The van der Waals surface area contributed by atoms with Crippen LogP contribution in [-0.4, -0.2) is 17.9 Å². The van der Waals surface area contributed by atoms with Crippen molar-refractivity contribution in [2.24, 2.45) is 22.7 Å². The molecule has 0 spiro atoms. The number of nitrogens with two attached hydrogens (primary N) is 2. The molecule has 0 aromatic rings. The van der Waals surface area contributed by atoms with Gasteiger partial charge in [0.2, 0.25) is 0 Å². The lowest BCUT2D eigenvalue weighted by Gasteiger charge is -2.26. The van der Waals surface area contributed by atoms with Crippen molar-refractivity contribution in [3.05, 3.63) is 0 Å². The van der Waals surface area contributed by atoms with Gasteiger partial charge in [-0.2, -0.15) is 5.10 Å². The molecule has 0 aliphatic heterocycles. The first-order valence-electron chi connectivity index (χ1n) is 4.52. The van der Waals surface area contributed by atoms with E-state index in [-0.39, 0.29) is 0 Å². The third-order valence-corrected chi connectivity index (χ3v) is 2.46. The quantitative estimate of drug-likeness (QED) is 0.263. The SMILES string of the molecule is CN(N)/C(=N\N)C1CCCCC1. The van der Waals surface area contributed by atoms with Crippen LogP contribution in [0.1, 0.15) is 32.1 Å². The standard InChI is InChI=1S/C8H18N4/c1-12(10)8(11-9)7-5-3-2-4-6-7/h7H,2-6,9-10H2,1H3/b11-8-. The summed E-state index contributed by atoms with van der Waals surface area (Å²) in [6, 6.07) is 0. The Bertz CT molecular complexity index is 158. The maximum Gasteiger partial charge on any atom is 0.141 e. The van der Waals surface area contributed by atoms with Gasteiger partial charge in [0.15, 0.2) is 0 Å². The zero-order chi connectivity index (χ0) is 8.97. The van der Waals surface area contributed by atoms with Crippen LogP contribution in [0.2, 0.25) is 0 Å². The predicted molar refractivity (Wildman–Crippen MR) is 50.1 cm³/mol. The molecule has 0 aromatic carbocycles. The van der Waals surface area contributed by atoms with Crippen LogP contribution in [0.4, 0.5) is 0 Å². The minimum absolute atomic E-state index is 0.485. The average molecular weight is 170 g/mol. The second-order valence-electron chi connectivity index (χ2n) is 3.43. The Morgan fingerprint density at radius 3 is 2.33 bits per heavy atom. The van der Waals surface area contributed by atoms with Gasteiger partial charge in [0, 0.05) is 13.0 Å². The Balaban J connectivity index is 2.53. The van der Waals surface area contributed by atoms with Crippen molar-refractivity contribution < 1.29 is 0 Å². The molecular formula is C8H18N4. The molecule has 1 rings (SSSR count). The molecule has 0 atom stereocenters. The minimum atomic E-state index is 0.485.